The minimum atomic E-state index is -0.00469. The van der Waals surface area contributed by atoms with Crippen molar-refractivity contribution in [2.45, 2.75) is 58.9 Å². The summed E-state index contributed by atoms with van der Waals surface area (Å²) in [4.78, 5) is 11.8. The fourth-order valence-corrected chi connectivity index (χ4v) is 2.32. The molecule has 0 saturated heterocycles. The van der Waals surface area contributed by atoms with Gasteiger partial charge in [-0.1, -0.05) is 20.8 Å². The zero-order valence-electron chi connectivity index (χ0n) is 10.9. The van der Waals surface area contributed by atoms with Crippen LogP contribution >= 0.6 is 0 Å². The summed E-state index contributed by atoms with van der Waals surface area (Å²) >= 11 is 0. The third-order valence-corrected chi connectivity index (χ3v) is 3.83. The van der Waals surface area contributed by atoms with Crippen LogP contribution in [0.5, 0.6) is 0 Å². The molecule has 1 unspecified atom stereocenters. The predicted octanol–water partition coefficient (Wildman–Crippen LogP) is 2.06. The molecular formula is C13H26N2O. The van der Waals surface area contributed by atoms with E-state index in [2.05, 4.69) is 19.2 Å². The third-order valence-electron chi connectivity index (χ3n) is 3.83. The molecule has 3 heteroatoms. The summed E-state index contributed by atoms with van der Waals surface area (Å²) in [5, 5.41) is 3.14. The van der Waals surface area contributed by atoms with Crippen molar-refractivity contribution in [1.29, 1.82) is 0 Å². The quantitative estimate of drug-likeness (QED) is 0.771. The summed E-state index contributed by atoms with van der Waals surface area (Å²) in [6.07, 6.45) is 5.47. The smallest absolute Gasteiger partial charge is 0.224 e. The van der Waals surface area contributed by atoms with Gasteiger partial charge in [-0.3, -0.25) is 4.79 Å². The molecule has 1 rings (SSSR count). The average Bonchev–Trinajstić information content (AvgIpc) is 2.23. The van der Waals surface area contributed by atoms with Crippen LogP contribution in [-0.2, 0) is 4.79 Å². The molecule has 3 N–H and O–H groups in total. The summed E-state index contributed by atoms with van der Waals surface area (Å²) < 4.78 is 0. The molecule has 0 bridgehead atoms. The van der Waals surface area contributed by atoms with Crippen molar-refractivity contribution in [1.82, 2.24) is 5.32 Å². The van der Waals surface area contributed by atoms with Crippen molar-refractivity contribution in [3.63, 3.8) is 0 Å². The van der Waals surface area contributed by atoms with Crippen LogP contribution in [0.3, 0.4) is 0 Å². The van der Waals surface area contributed by atoms with Gasteiger partial charge >= 0.3 is 0 Å². The number of hydrogen-bond donors (Lipinski definition) is 2. The number of nitrogens with one attached hydrogen (secondary N) is 1. The van der Waals surface area contributed by atoms with E-state index in [1.807, 2.05) is 6.92 Å². The number of rotatable bonds is 4. The molecule has 0 spiro atoms. The molecular weight excluding hydrogens is 200 g/mol. The maximum atomic E-state index is 11.8. The average molecular weight is 226 g/mol. The first kappa shape index (κ1) is 13.5. The highest BCUT2D eigenvalue weighted by molar-refractivity contribution is 5.79. The van der Waals surface area contributed by atoms with Gasteiger partial charge in [-0.25, -0.2) is 0 Å². The lowest BCUT2D eigenvalue weighted by molar-refractivity contribution is -0.125. The molecule has 0 aliphatic heterocycles. The molecule has 1 amide bonds. The Morgan fingerprint density at radius 3 is 2.44 bits per heavy atom. The second-order valence-corrected chi connectivity index (χ2v) is 5.79. The molecule has 3 nitrogen and oxygen atoms in total. The number of amides is 1. The Morgan fingerprint density at radius 2 is 2.00 bits per heavy atom. The van der Waals surface area contributed by atoms with E-state index >= 15 is 0 Å². The Kier molecular flexibility index (Phi) is 4.78. The molecule has 1 atom stereocenters. The monoisotopic (exact) mass is 226 g/mol. The number of carbonyl (C=O) groups excluding carboxylic acids is 1. The summed E-state index contributed by atoms with van der Waals surface area (Å²) in [6, 6.07) is 0.376. The van der Waals surface area contributed by atoms with Gasteiger partial charge in [0.15, 0.2) is 0 Å². The van der Waals surface area contributed by atoms with E-state index in [0.29, 0.717) is 18.0 Å². The standard InChI is InChI=1S/C13H26N2O/c1-4-10(9-14)12(16)15-11-5-7-13(2,3)8-6-11/h10-11H,4-9,14H2,1-3H3,(H,15,16). The fraction of sp³-hybridized carbons (Fsp3) is 0.923. The van der Waals surface area contributed by atoms with Crippen molar-refractivity contribution >= 4 is 5.91 Å². The van der Waals surface area contributed by atoms with E-state index in [-0.39, 0.29) is 11.8 Å². The molecule has 16 heavy (non-hydrogen) atoms. The first-order chi connectivity index (χ1) is 7.48. The van der Waals surface area contributed by atoms with Crippen LogP contribution < -0.4 is 11.1 Å². The van der Waals surface area contributed by atoms with Crippen LogP contribution in [0.25, 0.3) is 0 Å². The van der Waals surface area contributed by atoms with E-state index in [1.165, 1.54) is 12.8 Å². The van der Waals surface area contributed by atoms with Crippen molar-refractivity contribution in [3.05, 3.63) is 0 Å². The summed E-state index contributed by atoms with van der Waals surface area (Å²) in [6.45, 7) is 7.08. The topological polar surface area (TPSA) is 55.1 Å². The zero-order chi connectivity index (χ0) is 12.2. The van der Waals surface area contributed by atoms with E-state index < -0.39 is 0 Å². The van der Waals surface area contributed by atoms with Crippen LogP contribution in [0.1, 0.15) is 52.9 Å². The van der Waals surface area contributed by atoms with Crippen LogP contribution in [0.2, 0.25) is 0 Å². The maximum absolute atomic E-state index is 11.8. The number of carbonyl (C=O) groups is 1. The van der Waals surface area contributed by atoms with Crippen LogP contribution in [0.4, 0.5) is 0 Å². The fourth-order valence-electron chi connectivity index (χ4n) is 2.32. The highest BCUT2D eigenvalue weighted by atomic mass is 16.1. The van der Waals surface area contributed by atoms with Gasteiger partial charge in [0.05, 0.1) is 0 Å². The van der Waals surface area contributed by atoms with E-state index in [4.69, 9.17) is 5.73 Å². The minimum Gasteiger partial charge on any atom is -0.353 e. The Balaban J connectivity index is 2.36. The van der Waals surface area contributed by atoms with Gasteiger partial charge in [0.1, 0.15) is 0 Å². The lowest BCUT2D eigenvalue weighted by atomic mass is 9.75. The minimum absolute atomic E-state index is 0.00469. The molecule has 1 saturated carbocycles. The van der Waals surface area contributed by atoms with E-state index in [9.17, 15) is 4.79 Å². The molecule has 94 valence electrons. The first-order valence-corrected chi connectivity index (χ1v) is 6.49. The second-order valence-electron chi connectivity index (χ2n) is 5.79. The SMILES string of the molecule is CCC(CN)C(=O)NC1CCC(C)(C)CC1. The zero-order valence-corrected chi connectivity index (χ0v) is 10.9. The van der Waals surface area contributed by atoms with Gasteiger partial charge < -0.3 is 11.1 Å². The second kappa shape index (κ2) is 5.67. The molecule has 0 aromatic rings. The molecule has 1 aliphatic rings. The van der Waals surface area contributed by atoms with Crippen LogP contribution in [0, 0.1) is 11.3 Å². The Hall–Kier alpha value is -0.570. The number of nitrogens with two attached hydrogens (primary N) is 1. The van der Waals surface area contributed by atoms with Gasteiger partial charge in [-0.2, -0.15) is 0 Å². The normalized spacial score (nSPS) is 22.8. The molecule has 0 aromatic carbocycles. The molecule has 0 heterocycles. The Morgan fingerprint density at radius 1 is 1.44 bits per heavy atom. The maximum Gasteiger partial charge on any atom is 0.224 e. The molecule has 1 aliphatic carbocycles. The van der Waals surface area contributed by atoms with E-state index in [1.54, 1.807) is 0 Å². The highest BCUT2D eigenvalue weighted by Crippen LogP contribution is 2.35. The van der Waals surface area contributed by atoms with Gasteiger partial charge in [0.25, 0.3) is 0 Å². The van der Waals surface area contributed by atoms with Crippen molar-refractivity contribution in [3.8, 4) is 0 Å². The lowest BCUT2D eigenvalue weighted by Crippen LogP contribution is -2.43. The summed E-state index contributed by atoms with van der Waals surface area (Å²) in [5.41, 5.74) is 6.03. The van der Waals surface area contributed by atoms with Crippen LogP contribution in [-0.4, -0.2) is 18.5 Å². The Labute approximate surface area is 99.2 Å². The molecule has 1 fully saturated rings. The molecule has 0 radical (unpaired) electrons. The van der Waals surface area contributed by atoms with Crippen molar-refractivity contribution in [2.75, 3.05) is 6.54 Å². The van der Waals surface area contributed by atoms with Gasteiger partial charge in [0, 0.05) is 18.5 Å². The van der Waals surface area contributed by atoms with Crippen molar-refractivity contribution in [2.24, 2.45) is 17.1 Å². The third kappa shape index (κ3) is 3.78. The Bertz CT molecular complexity index is 224. The highest BCUT2D eigenvalue weighted by Gasteiger charge is 2.28. The summed E-state index contributed by atoms with van der Waals surface area (Å²) in [7, 11) is 0. The van der Waals surface area contributed by atoms with Gasteiger partial charge in [-0.05, 0) is 37.5 Å². The van der Waals surface area contributed by atoms with Crippen molar-refractivity contribution < 1.29 is 4.79 Å². The summed E-state index contributed by atoms with van der Waals surface area (Å²) in [5.74, 6) is 0.143. The van der Waals surface area contributed by atoms with E-state index in [0.717, 1.165) is 19.3 Å². The predicted molar refractivity (Wildman–Crippen MR) is 67.0 cm³/mol. The van der Waals surface area contributed by atoms with Crippen LogP contribution in [0.15, 0.2) is 0 Å². The largest absolute Gasteiger partial charge is 0.353 e. The lowest BCUT2D eigenvalue weighted by Gasteiger charge is -2.35. The van der Waals surface area contributed by atoms with Gasteiger partial charge in [0.2, 0.25) is 5.91 Å². The molecule has 0 aromatic heterocycles. The number of hydrogen-bond acceptors (Lipinski definition) is 2. The van der Waals surface area contributed by atoms with Gasteiger partial charge in [-0.15, -0.1) is 0 Å². The first-order valence-electron chi connectivity index (χ1n) is 6.49.